The maximum absolute atomic E-state index is 12.9. The summed E-state index contributed by atoms with van der Waals surface area (Å²) in [4.78, 5) is 12.9. The van der Waals surface area contributed by atoms with E-state index in [1.54, 1.807) is 6.08 Å². The second kappa shape index (κ2) is 36.7. The molecule has 1 aliphatic rings. The van der Waals surface area contributed by atoms with Gasteiger partial charge in [0.1, 0.15) is 24.4 Å². The third-order valence-electron chi connectivity index (χ3n) is 10.7. The molecule has 1 heterocycles. The molecular weight excluding hydrogens is 695 g/mol. The Morgan fingerprint density at radius 3 is 1.53 bits per heavy atom. The molecule has 1 amide bonds. The van der Waals surface area contributed by atoms with Crippen molar-refractivity contribution in [1.82, 2.24) is 5.32 Å². The number of unbranched alkanes of at least 4 members (excludes halogenated alkanes) is 23. The Hall–Kier alpha value is -1.59. The lowest BCUT2D eigenvalue weighted by molar-refractivity contribution is -0.302. The van der Waals surface area contributed by atoms with Gasteiger partial charge in [0.15, 0.2) is 6.29 Å². The topological polar surface area (TPSA) is 149 Å². The summed E-state index contributed by atoms with van der Waals surface area (Å²) in [5.41, 5.74) is 0. The number of hydrogen-bond donors (Lipinski definition) is 6. The van der Waals surface area contributed by atoms with Crippen LogP contribution in [0.4, 0.5) is 0 Å². The average molecular weight is 780 g/mol. The summed E-state index contributed by atoms with van der Waals surface area (Å²) in [7, 11) is 0. The van der Waals surface area contributed by atoms with E-state index < -0.39 is 49.5 Å². The van der Waals surface area contributed by atoms with Crippen LogP contribution in [0.2, 0.25) is 0 Å². The van der Waals surface area contributed by atoms with Gasteiger partial charge in [0.05, 0.1) is 25.4 Å². The first kappa shape index (κ1) is 51.4. The van der Waals surface area contributed by atoms with Crippen LogP contribution >= 0.6 is 0 Å². The van der Waals surface area contributed by atoms with E-state index in [-0.39, 0.29) is 12.5 Å². The maximum atomic E-state index is 12.9. The zero-order valence-electron chi connectivity index (χ0n) is 35.2. The minimum atomic E-state index is -1.57. The Kier molecular flexibility index (Phi) is 34.3. The van der Waals surface area contributed by atoms with Crippen molar-refractivity contribution in [2.75, 3.05) is 13.2 Å². The monoisotopic (exact) mass is 780 g/mol. The van der Waals surface area contributed by atoms with Crippen molar-refractivity contribution in [2.24, 2.45) is 0 Å². The molecule has 0 aliphatic carbocycles. The number of allylic oxidation sites excluding steroid dienone is 5. The van der Waals surface area contributed by atoms with Crippen molar-refractivity contribution < 1.29 is 39.8 Å². The van der Waals surface area contributed by atoms with E-state index in [4.69, 9.17) is 9.47 Å². The fourth-order valence-corrected chi connectivity index (χ4v) is 6.99. The van der Waals surface area contributed by atoms with Crippen LogP contribution in [0.15, 0.2) is 36.5 Å². The fraction of sp³-hybridized carbons (Fsp3) is 0.848. The van der Waals surface area contributed by atoms with Gasteiger partial charge >= 0.3 is 0 Å². The standard InChI is InChI=1S/C46H85NO8/c1-3-5-7-9-11-13-15-17-19-20-22-24-26-28-30-32-34-36-42(50)47-39(38-54-46-45(53)44(52)43(51)41(37-48)55-46)40(49)35-33-31-29-27-25-23-21-18-16-14-12-10-8-6-4-2/h17,19,25,27,33,35,39-41,43-46,48-49,51-53H,3-16,18,20-24,26,28-32,34,36-38H2,1-2H3,(H,47,50)/b19-17+,27-25+,35-33+/t39-,40+,41-,43-,44?,45?,46-/m0/s1. The number of aliphatic hydroxyl groups excluding tert-OH is 5. The number of carbonyl (C=O) groups is 1. The highest BCUT2D eigenvalue weighted by molar-refractivity contribution is 5.76. The molecule has 322 valence electrons. The van der Waals surface area contributed by atoms with Gasteiger partial charge in [0.2, 0.25) is 5.91 Å². The minimum Gasteiger partial charge on any atom is -0.394 e. The second-order valence-corrected chi connectivity index (χ2v) is 15.8. The van der Waals surface area contributed by atoms with E-state index in [0.29, 0.717) is 6.42 Å². The number of hydrogen-bond acceptors (Lipinski definition) is 8. The van der Waals surface area contributed by atoms with Crippen molar-refractivity contribution in [1.29, 1.82) is 0 Å². The van der Waals surface area contributed by atoms with Crippen molar-refractivity contribution in [2.45, 2.75) is 236 Å². The predicted octanol–water partition coefficient (Wildman–Crippen LogP) is 9.28. The Morgan fingerprint density at radius 1 is 0.600 bits per heavy atom. The summed E-state index contributed by atoms with van der Waals surface area (Å²) in [6.45, 7) is 3.74. The van der Waals surface area contributed by atoms with Gasteiger partial charge in [-0.3, -0.25) is 4.79 Å². The number of rotatable bonds is 37. The normalized spacial score (nSPS) is 21.6. The number of nitrogens with one attached hydrogen (secondary N) is 1. The van der Waals surface area contributed by atoms with Crippen LogP contribution in [-0.2, 0) is 14.3 Å². The number of ether oxygens (including phenoxy) is 2. The van der Waals surface area contributed by atoms with Crippen molar-refractivity contribution in [3.05, 3.63) is 36.5 Å². The molecule has 9 nitrogen and oxygen atoms in total. The first-order chi connectivity index (χ1) is 26.8. The molecule has 0 radical (unpaired) electrons. The zero-order valence-corrected chi connectivity index (χ0v) is 35.2. The second-order valence-electron chi connectivity index (χ2n) is 15.8. The van der Waals surface area contributed by atoms with Crippen LogP contribution in [0.25, 0.3) is 0 Å². The lowest BCUT2D eigenvalue weighted by Gasteiger charge is -2.40. The molecular formula is C46H85NO8. The third kappa shape index (κ3) is 27.6. The first-order valence-electron chi connectivity index (χ1n) is 22.7. The lowest BCUT2D eigenvalue weighted by Crippen LogP contribution is -2.60. The third-order valence-corrected chi connectivity index (χ3v) is 10.7. The maximum Gasteiger partial charge on any atom is 0.220 e. The van der Waals surface area contributed by atoms with Crippen molar-refractivity contribution in [3.63, 3.8) is 0 Å². The Labute approximate surface area is 336 Å². The summed E-state index contributed by atoms with van der Waals surface area (Å²) >= 11 is 0. The smallest absolute Gasteiger partial charge is 0.220 e. The van der Waals surface area contributed by atoms with Crippen LogP contribution in [0.5, 0.6) is 0 Å². The number of amides is 1. The first-order valence-corrected chi connectivity index (χ1v) is 22.7. The van der Waals surface area contributed by atoms with Gasteiger partial charge < -0.3 is 40.3 Å². The molecule has 0 spiro atoms. The highest BCUT2D eigenvalue weighted by Gasteiger charge is 2.44. The zero-order chi connectivity index (χ0) is 40.2. The molecule has 1 aliphatic heterocycles. The Bertz CT molecular complexity index is 956. The number of aliphatic hydroxyl groups is 5. The molecule has 0 aromatic rings. The molecule has 0 aromatic carbocycles. The highest BCUT2D eigenvalue weighted by atomic mass is 16.7. The van der Waals surface area contributed by atoms with Gasteiger partial charge in [-0.05, 0) is 57.8 Å². The molecule has 0 saturated carbocycles. The van der Waals surface area contributed by atoms with Crippen LogP contribution in [0.3, 0.4) is 0 Å². The number of carbonyl (C=O) groups excluding carboxylic acids is 1. The van der Waals surface area contributed by atoms with E-state index in [2.05, 4.69) is 43.5 Å². The summed E-state index contributed by atoms with van der Waals surface area (Å²) in [5, 5.41) is 54.1. The van der Waals surface area contributed by atoms with E-state index in [1.807, 2.05) is 6.08 Å². The van der Waals surface area contributed by atoms with Crippen LogP contribution in [0.1, 0.15) is 194 Å². The van der Waals surface area contributed by atoms with Crippen LogP contribution < -0.4 is 5.32 Å². The van der Waals surface area contributed by atoms with Crippen molar-refractivity contribution >= 4 is 5.91 Å². The SMILES string of the molecule is CCCCCCCC/C=C/CCCCCCCCCC(=O)N[C@@H](CO[C@H]1O[C@@H](CO)[C@H](O)C(O)C1O)[C@H](O)/C=C/CC/C=C/CCCCCCCCCCC. The van der Waals surface area contributed by atoms with Gasteiger partial charge in [-0.1, -0.05) is 166 Å². The molecule has 7 atom stereocenters. The van der Waals surface area contributed by atoms with Gasteiger partial charge in [-0.25, -0.2) is 0 Å². The van der Waals surface area contributed by atoms with Crippen molar-refractivity contribution in [3.8, 4) is 0 Å². The molecule has 1 rings (SSSR count). The lowest BCUT2D eigenvalue weighted by atomic mass is 9.99. The molecule has 6 N–H and O–H groups in total. The Balaban J connectivity index is 2.39. The predicted molar refractivity (Wildman–Crippen MR) is 226 cm³/mol. The molecule has 9 heteroatoms. The summed E-state index contributed by atoms with van der Waals surface area (Å²) in [6, 6.07) is -0.821. The largest absolute Gasteiger partial charge is 0.394 e. The quantitative estimate of drug-likeness (QED) is 0.0270. The molecule has 1 fully saturated rings. The van der Waals surface area contributed by atoms with Gasteiger partial charge in [0.25, 0.3) is 0 Å². The van der Waals surface area contributed by atoms with E-state index >= 15 is 0 Å². The molecule has 0 bridgehead atoms. The average Bonchev–Trinajstić information content (AvgIpc) is 3.18. The molecule has 55 heavy (non-hydrogen) atoms. The van der Waals surface area contributed by atoms with E-state index in [9.17, 15) is 30.3 Å². The van der Waals surface area contributed by atoms with Crippen LogP contribution in [0, 0.1) is 0 Å². The summed E-state index contributed by atoms with van der Waals surface area (Å²) in [6.07, 6.45) is 37.5. The fourth-order valence-electron chi connectivity index (χ4n) is 6.99. The van der Waals surface area contributed by atoms with Gasteiger partial charge in [-0.2, -0.15) is 0 Å². The van der Waals surface area contributed by atoms with Gasteiger partial charge in [0, 0.05) is 6.42 Å². The molecule has 1 saturated heterocycles. The molecule has 2 unspecified atom stereocenters. The molecule has 0 aromatic heterocycles. The van der Waals surface area contributed by atoms with Crippen LogP contribution in [-0.4, -0.2) is 87.5 Å². The van der Waals surface area contributed by atoms with E-state index in [1.165, 1.54) is 122 Å². The minimum absolute atomic E-state index is 0.193. The highest BCUT2D eigenvalue weighted by Crippen LogP contribution is 2.22. The Morgan fingerprint density at radius 2 is 1.04 bits per heavy atom. The van der Waals surface area contributed by atoms with Gasteiger partial charge in [-0.15, -0.1) is 0 Å². The summed E-state index contributed by atoms with van der Waals surface area (Å²) in [5.74, 6) is -0.193. The van der Waals surface area contributed by atoms with E-state index in [0.717, 1.165) is 51.4 Å². The summed E-state index contributed by atoms with van der Waals surface area (Å²) < 4.78 is 11.2.